The van der Waals surface area contributed by atoms with Gasteiger partial charge in [-0.2, -0.15) is 0 Å². The second-order valence-electron chi connectivity index (χ2n) is 5.96. The lowest BCUT2D eigenvalue weighted by Gasteiger charge is -2.24. The number of carbonyl (C=O) groups excluding carboxylic acids is 1. The van der Waals surface area contributed by atoms with Crippen molar-refractivity contribution >= 4 is 12.0 Å². The van der Waals surface area contributed by atoms with E-state index in [0.29, 0.717) is 12.5 Å². The van der Waals surface area contributed by atoms with Crippen molar-refractivity contribution in [2.45, 2.75) is 50.4 Å². The molecular formula is C13H22N2O5. The third kappa shape index (κ3) is 4.35. The molecule has 2 rings (SSSR count). The van der Waals surface area contributed by atoms with Gasteiger partial charge in [-0.25, -0.2) is 4.79 Å². The molecule has 0 aromatic rings. The monoisotopic (exact) mass is 286 g/mol. The Bertz CT molecular complexity index is 381. The molecule has 7 heteroatoms. The van der Waals surface area contributed by atoms with E-state index in [0.717, 1.165) is 19.3 Å². The van der Waals surface area contributed by atoms with Crippen molar-refractivity contribution in [2.75, 3.05) is 13.2 Å². The number of rotatable bonds is 6. The summed E-state index contributed by atoms with van der Waals surface area (Å²) in [5.41, 5.74) is -1.45. The molecule has 1 heterocycles. The average Bonchev–Trinajstić information content (AvgIpc) is 3.07. The summed E-state index contributed by atoms with van der Waals surface area (Å²) in [5, 5.41) is 23.8. The standard InChI is InChI=1S/C13H22N2O5/c1-13(19,6-10(16)17)7-14-12(18)15-9-4-5-20-11(9)8-2-3-8/h8-9,11,19H,2-7H2,1H3,(H,16,17)(H2,14,15,18). The molecule has 1 saturated heterocycles. The first kappa shape index (κ1) is 15.1. The molecule has 1 saturated carbocycles. The highest BCUT2D eigenvalue weighted by Gasteiger charge is 2.41. The fourth-order valence-electron chi connectivity index (χ4n) is 2.53. The van der Waals surface area contributed by atoms with Gasteiger partial charge in [0.1, 0.15) is 0 Å². The van der Waals surface area contributed by atoms with Crippen LogP contribution in [0.1, 0.15) is 32.6 Å². The largest absolute Gasteiger partial charge is 0.481 e. The quantitative estimate of drug-likeness (QED) is 0.553. The number of hydrogen-bond acceptors (Lipinski definition) is 4. The Balaban J connectivity index is 1.73. The van der Waals surface area contributed by atoms with Crippen LogP contribution in [0.3, 0.4) is 0 Å². The molecular weight excluding hydrogens is 264 g/mol. The highest BCUT2D eigenvalue weighted by Crippen LogP contribution is 2.38. The summed E-state index contributed by atoms with van der Waals surface area (Å²) < 4.78 is 5.62. The molecule has 20 heavy (non-hydrogen) atoms. The third-order valence-corrected chi connectivity index (χ3v) is 3.70. The van der Waals surface area contributed by atoms with E-state index in [2.05, 4.69) is 10.6 Å². The van der Waals surface area contributed by atoms with Crippen molar-refractivity contribution < 1.29 is 24.5 Å². The SMILES string of the molecule is CC(O)(CNC(=O)NC1CCOC1C1CC1)CC(=O)O. The van der Waals surface area contributed by atoms with Crippen LogP contribution in [0.4, 0.5) is 4.79 Å². The molecule has 2 amide bonds. The van der Waals surface area contributed by atoms with Crippen molar-refractivity contribution in [1.29, 1.82) is 0 Å². The molecule has 3 atom stereocenters. The van der Waals surface area contributed by atoms with E-state index in [9.17, 15) is 14.7 Å². The molecule has 4 N–H and O–H groups in total. The van der Waals surface area contributed by atoms with Crippen LogP contribution in [-0.4, -0.2) is 53.1 Å². The molecule has 1 aliphatic carbocycles. The van der Waals surface area contributed by atoms with Gasteiger partial charge in [-0.3, -0.25) is 4.79 Å². The highest BCUT2D eigenvalue weighted by molar-refractivity contribution is 5.74. The van der Waals surface area contributed by atoms with Crippen LogP contribution in [0, 0.1) is 5.92 Å². The summed E-state index contributed by atoms with van der Waals surface area (Å²) in [4.78, 5) is 22.3. The minimum atomic E-state index is -1.45. The van der Waals surface area contributed by atoms with Gasteiger partial charge in [0, 0.05) is 13.2 Å². The summed E-state index contributed by atoms with van der Waals surface area (Å²) >= 11 is 0. The maximum Gasteiger partial charge on any atom is 0.315 e. The number of nitrogens with one attached hydrogen (secondary N) is 2. The Morgan fingerprint density at radius 3 is 2.65 bits per heavy atom. The van der Waals surface area contributed by atoms with Crippen LogP contribution in [0.2, 0.25) is 0 Å². The maximum absolute atomic E-state index is 11.8. The van der Waals surface area contributed by atoms with E-state index >= 15 is 0 Å². The molecule has 2 aliphatic rings. The lowest BCUT2D eigenvalue weighted by atomic mass is 10.0. The topological polar surface area (TPSA) is 108 Å². The Morgan fingerprint density at radius 2 is 2.05 bits per heavy atom. The number of carbonyl (C=O) groups is 2. The summed E-state index contributed by atoms with van der Waals surface area (Å²) in [6.45, 7) is 1.93. The van der Waals surface area contributed by atoms with Crippen LogP contribution in [0.15, 0.2) is 0 Å². The van der Waals surface area contributed by atoms with Crippen molar-refractivity contribution in [1.82, 2.24) is 10.6 Å². The van der Waals surface area contributed by atoms with E-state index in [1.165, 1.54) is 6.92 Å². The van der Waals surface area contributed by atoms with Gasteiger partial charge in [0.05, 0.1) is 24.2 Å². The summed E-state index contributed by atoms with van der Waals surface area (Å²) in [6.07, 6.45) is 2.78. The number of carboxylic acid groups (broad SMARTS) is 1. The highest BCUT2D eigenvalue weighted by atomic mass is 16.5. The van der Waals surface area contributed by atoms with Crippen LogP contribution < -0.4 is 10.6 Å². The molecule has 0 aromatic heterocycles. The zero-order chi connectivity index (χ0) is 14.8. The van der Waals surface area contributed by atoms with Crippen LogP contribution >= 0.6 is 0 Å². The Morgan fingerprint density at radius 1 is 1.35 bits per heavy atom. The van der Waals surface area contributed by atoms with E-state index in [1.54, 1.807) is 0 Å². The summed E-state index contributed by atoms with van der Waals surface area (Å²) in [7, 11) is 0. The molecule has 0 radical (unpaired) electrons. The first-order valence-corrected chi connectivity index (χ1v) is 6.97. The van der Waals surface area contributed by atoms with Gasteiger partial charge in [0.25, 0.3) is 0 Å². The number of ether oxygens (including phenoxy) is 1. The summed E-state index contributed by atoms with van der Waals surface area (Å²) in [6, 6.07) is -0.385. The number of amides is 2. The Kier molecular flexibility index (Phi) is 4.49. The van der Waals surface area contributed by atoms with E-state index in [-0.39, 0.29) is 18.7 Å². The van der Waals surface area contributed by atoms with E-state index in [4.69, 9.17) is 9.84 Å². The van der Waals surface area contributed by atoms with Crippen molar-refractivity contribution in [3.05, 3.63) is 0 Å². The van der Waals surface area contributed by atoms with Crippen LogP contribution in [-0.2, 0) is 9.53 Å². The number of carboxylic acids is 1. The van der Waals surface area contributed by atoms with Gasteiger partial charge in [-0.1, -0.05) is 0 Å². The average molecular weight is 286 g/mol. The number of aliphatic carboxylic acids is 1. The normalized spacial score (nSPS) is 28.7. The molecule has 3 unspecified atom stereocenters. The van der Waals surface area contributed by atoms with Gasteiger partial charge >= 0.3 is 12.0 Å². The third-order valence-electron chi connectivity index (χ3n) is 3.70. The van der Waals surface area contributed by atoms with Gasteiger partial charge in [-0.05, 0) is 32.1 Å². The lowest BCUT2D eigenvalue weighted by Crippen LogP contribution is -2.50. The Labute approximate surface area is 117 Å². The van der Waals surface area contributed by atoms with Crippen molar-refractivity contribution in [2.24, 2.45) is 5.92 Å². The van der Waals surface area contributed by atoms with E-state index < -0.39 is 24.0 Å². The van der Waals surface area contributed by atoms with Crippen molar-refractivity contribution in [3.8, 4) is 0 Å². The van der Waals surface area contributed by atoms with Gasteiger partial charge in [0.2, 0.25) is 0 Å². The van der Waals surface area contributed by atoms with Gasteiger partial charge in [-0.15, -0.1) is 0 Å². The lowest BCUT2D eigenvalue weighted by molar-refractivity contribution is -0.141. The fraction of sp³-hybridized carbons (Fsp3) is 0.846. The molecule has 1 aliphatic heterocycles. The molecule has 0 aromatic carbocycles. The van der Waals surface area contributed by atoms with Crippen LogP contribution in [0.25, 0.3) is 0 Å². The van der Waals surface area contributed by atoms with Crippen molar-refractivity contribution in [3.63, 3.8) is 0 Å². The van der Waals surface area contributed by atoms with Gasteiger partial charge < -0.3 is 25.6 Å². The minimum Gasteiger partial charge on any atom is -0.481 e. The molecule has 0 spiro atoms. The molecule has 2 fully saturated rings. The first-order valence-electron chi connectivity index (χ1n) is 6.97. The van der Waals surface area contributed by atoms with E-state index in [1.807, 2.05) is 0 Å². The second kappa shape index (κ2) is 5.97. The zero-order valence-electron chi connectivity index (χ0n) is 11.6. The number of urea groups is 1. The second-order valence-corrected chi connectivity index (χ2v) is 5.96. The smallest absolute Gasteiger partial charge is 0.315 e. The number of hydrogen-bond donors (Lipinski definition) is 4. The minimum absolute atomic E-state index is 0.00641. The maximum atomic E-state index is 11.8. The predicted octanol–water partition coefficient (Wildman–Crippen LogP) is 0.0788. The fourth-order valence-corrected chi connectivity index (χ4v) is 2.53. The first-order chi connectivity index (χ1) is 9.37. The summed E-state index contributed by atoms with van der Waals surface area (Å²) in [5.74, 6) is -0.548. The van der Waals surface area contributed by atoms with Gasteiger partial charge in [0.15, 0.2) is 0 Å². The Hall–Kier alpha value is -1.34. The molecule has 0 bridgehead atoms. The van der Waals surface area contributed by atoms with Crippen LogP contribution in [0.5, 0.6) is 0 Å². The predicted molar refractivity (Wildman–Crippen MR) is 70.3 cm³/mol. The molecule has 7 nitrogen and oxygen atoms in total. The molecule has 114 valence electrons. The zero-order valence-corrected chi connectivity index (χ0v) is 11.6. The number of aliphatic hydroxyl groups is 1.